The van der Waals surface area contributed by atoms with Crippen LogP contribution in [-0.4, -0.2) is 51.8 Å². The topological polar surface area (TPSA) is 71.6 Å². The first-order valence-corrected chi connectivity index (χ1v) is 10.3. The number of amidine groups is 1. The van der Waals surface area contributed by atoms with Gasteiger partial charge in [-0.3, -0.25) is 4.90 Å². The minimum absolute atomic E-state index is 0.0649. The molecule has 5 nitrogen and oxygen atoms in total. The molecule has 0 amide bonds. The van der Waals surface area contributed by atoms with Crippen molar-refractivity contribution in [2.75, 3.05) is 6.54 Å². The van der Waals surface area contributed by atoms with Gasteiger partial charge >= 0.3 is 6.18 Å². The molecular weight excluding hydrogens is 369 g/mol. The summed E-state index contributed by atoms with van der Waals surface area (Å²) in [6.45, 7) is 3.79. The van der Waals surface area contributed by atoms with Gasteiger partial charge in [-0.2, -0.15) is 23.4 Å². The lowest BCUT2D eigenvalue weighted by Gasteiger charge is -2.58. The molecule has 28 heavy (non-hydrogen) atoms. The van der Waals surface area contributed by atoms with Crippen LogP contribution in [-0.2, 0) is 0 Å². The maximum atomic E-state index is 13.5. The summed E-state index contributed by atoms with van der Waals surface area (Å²) in [6, 6.07) is -1.44. The van der Waals surface area contributed by atoms with Crippen molar-refractivity contribution in [3.8, 4) is 6.19 Å². The van der Waals surface area contributed by atoms with Gasteiger partial charge in [-0.15, -0.1) is 0 Å². The number of rotatable bonds is 3. The van der Waals surface area contributed by atoms with Crippen LogP contribution in [0.1, 0.15) is 58.8 Å². The van der Waals surface area contributed by atoms with Crippen molar-refractivity contribution >= 4 is 5.84 Å². The predicted molar refractivity (Wildman–Crippen MR) is 98.3 cm³/mol. The Labute approximate surface area is 164 Å². The van der Waals surface area contributed by atoms with E-state index in [4.69, 9.17) is 0 Å². The summed E-state index contributed by atoms with van der Waals surface area (Å²) < 4.78 is 40.6. The van der Waals surface area contributed by atoms with Gasteiger partial charge in [0.1, 0.15) is 11.9 Å². The first-order chi connectivity index (χ1) is 13.0. The highest BCUT2D eigenvalue weighted by Crippen LogP contribution is 2.55. The van der Waals surface area contributed by atoms with Crippen molar-refractivity contribution in [2.24, 2.45) is 22.7 Å². The number of hydrogen-bond donors (Lipinski definition) is 2. The average Bonchev–Trinajstić information content (AvgIpc) is 3.06. The largest absolute Gasteiger partial charge is 0.404 e. The van der Waals surface area contributed by atoms with Gasteiger partial charge in [-0.05, 0) is 83.1 Å². The molecule has 4 bridgehead atoms. The van der Waals surface area contributed by atoms with Crippen LogP contribution in [0.15, 0.2) is 4.99 Å². The number of alkyl halides is 3. The highest BCUT2D eigenvalue weighted by atomic mass is 19.4. The summed E-state index contributed by atoms with van der Waals surface area (Å²) in [5.41, 5.74) is -1.59. The van der Waals surface area contributed by atoms with Crippen LogP contribution in [0, 0.1) is 29.2 Å². The maximum absolute atomic E-state index is 13.5. The lowest BCUT2D eigenvalue weighted by molar-refractivity contribution is -0.183. The molecule has 3 atom stereocenters. The fourth-order valence-corrected chi connectivity index (χ4v) is 6.68. The first kappa shape index (κ1) is 20.0. The second-order valence-corrected chi connectivity index (χ2v) is 9.88. The van der Waals surface area contributed by atoms with E-state index in [1.165, 1.54) is 4.90 Å². The van der Waals surface area contributed by atoms with Crippen molar-refractivity contribution in [2.45, 2.75) is 88.2 Å². The molecule has 5 aliphatic rings. The number of nitrogens with zero attached hydrogens (tertiary/aromatic N) is 3. The van der Waals surface area contributed by atoms with Gasteiger partial charge in [-0.25, -0.2) is 0 Å². The summed E-state index contributed by atoms with van der Waals surface area (Å²) in [5.74, 6) is 1.44. The second-order valence-electron chi connectivity index (χ2n) is 9.88. The molecule has 3 unspecified atom stereocenters. The normalized spacial score (nSPS) is 41.3. The fourth-order valence-electron chi connectivity index (χ4n) is 6.68. The molecule has 0 spiro atoms. The Morgan fingerprint density at radius 3 is 2.39 bits per heavy atom. The third-order valence-corrected chi connectivity index (χ3v) is 7.63. The minimum Gasteiger partial charge on any atom is -0.390 e. The van der Waals surface area contributed by atoms with Gasteiger partial charge in [0.15, 0.2) is 0 Å². The van der Waals surface area contributed by atoms with Crippen molar-refractivity contribution in [3.05, 3.63) is 0 Å². The summed E-state index contributed by atoms with van der Waals surface area (Å²) in [7, 11) is 0. The first-order valence-electron chi connectivity index (χ1n) is 10.3. The van der Waals surface area contributed by atoms with Gasteiger partial charge < -0.3 is 10.4 Å². The number of halogens is 3. The fraction of sp³-hybridized carbons (Fsp3) is 0.900. The number of aliphatic imine (C=N–C) groups is 1. The standard InChI is InChI=1S/C20H29F3N4O/c1-18(2,27-5-3-4-15(27)20(21,22)23)17(25-11-24)26-16-13-6-12-7-14(16)10-19(28,8-12)9-13/h12-16,28H,3-10H2,1-2H3,(H,25,26). The zero-order valence-electron chi connectivity index (χ0n) is 16.5. The van der Waals surface area contributed by atoms with Crippen LogP contribution in [0.4, 0.5) is 13.2 Å². The van der Waals surface area contributed by atoms with Gasteiger partial charge in [-0.1, -0.05) is 0 Å². The van der Waals surface area contributed by atoms with Gasteiger partial charge in [0.05, 0.1) is 11.1 Å². The Hall–Kier alpha value is -1.33. The smallest absolute Gasteiger partial charge is 0.390 e. The van der Waals surface area contributed by atoms with E-state index in [0.29, 0.717) is 24.7 Å². The van der Waals surface area contributed by atoms with E-state index in [1.54, 1.807) is 20.0 Å². The van der Waals surface area contributed by atoms with E-state index in [0.717, 1.165) is 32.1 Å². The van der Waals surface area contributed by atoms with Crippen LogP contribution < -0.4 is 5.32 Å². The van der Waals surface area contributed by atoms with E-state index < -0.39 is 23.4 Å². The molecule has 8 heteroatoms. The summed E-state index contributed by atoms with van der Waals surface area (Å²) in [4.78, 5) is 5.41. The van der Waals surface area contributed by atoms with E-state index in [-0.39, 0.29) is 24.3 Å². The molecule has 0 aromatic carbocycles. The van der Waals surface area contributed by atoms with E-state index in [2.05, 4.69) is 10.3 Å². The lowest BCUT2D eigenvalue weighted by Crippen LogP contribution is -2.66. The molecule has 0 aromatic rings. The van der Waals surface area contributed by atoms with Crippen molar-refractivity contribution in [1.29, 1.82) is 5.26 Å². The molecule has 2 N–H and O–H groups in total. The molecule has 156 valence electrons. The molecule has 0 aromatic heterocycles. The molecule has 0 radical (unpaired) electrons. The van der Waals surface area contributed by atoms with Crippen LogP contribution in [0.2, 0.25) is 0 Å². The van der Waals surface area contributed by atoms with Crippen LogP contribution in [0.25, 0.3) is 0 Å². The Balaban J connectivity index is 1.57. The molecule has 4 aliphatic carbocycles. The molecule has 1 saturated heterocycles. The third kappa shape index (κ3) is 3.30. The van der Waals surface area contributed by atoms with E-state index in [9.17, 15) is 23.5 Å². The molecular formula is C20H29F3N4O. The summed E-state index contributed by atoms with van der Waals surface area (Å²) in [6.07, 6.45) is 2.47. The third-order valence-electron chi connectivity index (χ3n) is 7.63. The zero-order valence-corrected chi connectivity index (χ0v) is 16.5. The Bertz CT molecular complexity index is 683. The molecule has 1 heterocycles. The van der Waals surface area contributed by atoms with Crippen molar-refractivity contribution in [1.82, 2.24) is 10.2 Å². The number of hydrogen-bond acceptors (Lipinski definition) is 4. The van der Waals surface area contributed by atoms with E-state index in [1.807, 2.05) is 0 Å². The Morgan fingerprint density at radius 1 is 1.21 bits per heavy atom. The van der Waals surface area contributed by atoms with Gasteiger partial charge in [0.25, 0.3) is 0 Å². The maximum Gasteiger partial charge on any atom is 0.404 e. The molecule has 1 aliphatic heterocycles. The molecule has 5 fully saturated rings. The van der Waals surface area contributed by atoms with Crippen LogP contribution in [0.3, 0.4) is 0 Å². The molecule has 5 rings (SSSR count). The highest BCUT2D eigenvalue weighted by Gasteiger charge is 2.56. The highest BCUT2D eigenvalue weighted by molar-refractivity contribution is 5.92. The van der Waals surface area contributed by atoms with Gasteiger partial charge in [0.2, 0.25) is 6.19 Å². The summed E-state index contributed by atoms with van der Waals surface area (Å²) in [5, 5.41) is 23.4. The number of aliphatic hydroxyl groups is 1. The number of nitrogens with one attached hydrogen (secondary N) is 1. The predicted octanol–water partition coefficient (Wildman–Crippen LogP) is 3.20. The average molecular weight is 398 g/mol. The van der Waals surface area contributed by atoms with Crippen molar-refractivity contribution in [3.63, 3.8) is 0 Å². The zero-order chi connectivity index (χ0) is 20.3. The number of likely N-dealkylation sites (tertiary alicyclic amines) is 1. The number of nitriles is 1. The SMILES string of the molecule is CC(C)(/C(=N\C#N)NC1C2CC3CC1CC(O)(C3)C2)N1CCCC1C(F)(F)F. The van der Waals surface area contributed by atoms with Crippen LogP contribution in [0.5, 0.6) is 0 Å². The second kappa shape index (κ2) is 6.60. The Morgan fingerprint density at radius 2 is 1.86 bits per heavy atom. The Kier molecular flexibility index (Phi) is 4.70. The van der Waals surface area contributed by atoms with Crippen LogP contribution >= 0.6 is 0 Å². The quantitative estimate of drug-likeness (QED) is 0.435. The molecule has 4 saturated carbocycles. The van der Waals surface area contributed by atoms with E-state index >= 15 is 0 Å². The van der Waals surface area contributed by atoms with Crippen molar-refractivity contribution < 1.29 is 18.3 Å². The minimum atomic E-state index is -4.29. The lowest BCUT2D eigenvalue weighted by atomic mass is 9.52. The monoisotopic (exact) mass is 398 g/mol. The summed E-state index contributed by atoms with van der Waals surface area (Å²) >= 11 is 0. The van der Waals surface area contributed by atoms with Gasteiger partial charge in [0, 0.05) is 6.04 Å².